The van der Waals surface area contributed by atoms with Crippen molar-refractivity contribution in [2.75, 3.05) is 27.9 Å². The van der Waals surface area contributed by atoms with Crippen LogP contribution in [0.1, 0.15) is 18.4 Å². The smallest absolute Gasteiger partial charge is 0.355 e. The minimum Gasteiger partial charge on any atom is -0.493 e. The molecule has 1 aromatic rings. The average molecular weight is 415 g/mol. The molecule has 0 bridgehead atoms. The Morgan fingerprint density at radius 3 is 2.44 bits per heavy atom. The van der Waals surface area contributed by atoms with Gasteiger partial charge >= 0.3 is 5.97 Å². The molecule has 25 heavy (non-hydrogen) atoms. The van der Waals surface area contributed by atoms with Gasteiger partial charge in [-0.25, -0.2) is 4.79 Å². The molecular weight excluding hydrogens is 396 g/mol. The first-order chi connectivity index (χ1) is 12.0. The van der Waals surface area contributed by atoms with Crippen LogP contribution in [-0.4, -0.2) is 44.9 Å². The fraction of sp³-hybridized carbons (Fsp3) is 0.375. The van der Waals surface area contributed by atoms with Gasteiger partial charge < -0.3 is 29.5 Å². The Bertz CT molecular complexity index is 732. The summed E-state index contributed by atoms with van der Waals surface area (Å²) in [6.45, 7) is 1.93. The molecule has 0 saturated heterocycles. The van der Waals surface area contributed by atoms with Crippen LogP contribution in [0.3, 0.4) is 0 Å². The van der Waals surface area contributed by atoms with E-state index in [1.54, 1.807) is 19.1 Å². The summed E-state index contributed by atoms with van der Waals surface area (Å²) >= 11 is 3.40. The number of carbonyl (C=O) groups excluding carboxylic acids is 1. The average Bonchev–Trinajstić information content (AvgIpc) is 2.96. The van der Waals surface area contributed by atoms with Crippen molar-refractivity contribution in [1.29, 1.82) is 0 Å². The zero-order valence-corrected chi connectivity index (χ0v) is 15.8. The fourth-order valence-electron chi connectivity index (χ4n) is 2.59. The topological polar surface area (TPSA) is 98.6 Å². The number of oxime groups is 1. The number of nitrogens with zero attached hydrogens (tertiary/aromatic N) is 1. The Kier molecular flexibility index (Phi) is 6.13. The maximum Gasteiger partial charge on any atom is 0.355 e. The third kappa shape index (κ3) is 3.37. The van der Waals surface area contributed by atoms with E-state index in [0.29, 0.717) is 27.3 Å². The molecule has 0 aromatic heterocycles. The number of carbonyl (C=O) groups is 1. The van der Waals surface area contributed by atoms with Crippen molar-refractivity contribution in [2.45, 2.75) is 12.8 Å². The molecule has 0 amide bonds. The molecule has 0 radical (unpaired) electrons. The maximum atomic E-state index is 12.1. The largest absolute Gasteiger partial charge is 0.493 e. The summed E-state index contributed by atoms with van der Waals surface area (Å²) in [5.41, 5.74) is 0.781. The number of hydrogen-bond acceptors (Lipinski definition) is 7. The van der Waals surface area contributed by atoms with Crippen LogP contribution in [0, 0.1) is 0 Å². The highest BCUT2D eigenvalue weighted by Gasteiger charge is 2.38. The van der Waals surface area contributed by atoms with Crippen molar-refractivity contribution >= 4 is 27.7 Å². The molecule has 0 spiro atoms. The number of ether oxygens (including phenoxy) is 4. The summed E-state index contributed by atoms with van der Waals surface area (Å²) in [5.74, 6) is 0.279. The Balaban J connectivity index is 2.61. The number of amidine groups is 1. The number of halogens is 1. The normalized spacial score (nSPS) is 18.1. The van der Waals surface area contributed by atoms with E-state index in [-0.39, 0.29) is 18.1 Å². The second-order valence-corrected chi connectivity index (χ2v) is 5.76. The highest BCUT2D eigenvalue weighted by Crippen LogP contribution is 2.47. The molecule has 1 aliphatic rings. The van der Waals surface area contributed by atoms with Crippen LogP contribution < -0.4 is 19.5 Å². The lowest BCUT2D eigenvalue weighted by atomic mass is 9.97. The van der Waals surface area contributed by atoms with E-state index in [4.69, 9.17) is 18.9 Å². The van der Waals surface area contributed by atoms with Gasteiger partial charge in [0.2, 0.25) is 5.75 Å². The zero-order chi connectivity index (χ0) is 18.6. The SMILES string of the molecule is CCOC(=O)C1=C(Br)C(c2ccc(OC)c(OC)c2OC)/C(=N/O)N1. The first-order valence-corrected chi connectivity index (χ1v) is 8.17. The molecular formula is C16H19BrN2O6. The monoisotopic (exact) mass is 414 g/mol. The van der Waals surface area contributed by atoms with Crippen LogP contribution in [0.15, 0.2) is 27.5 Å². The molecule has 8 nitrogen and oxygen atoms in total. The molecule has 1 aromatic carbocycles. The van der Waals surface area contributed by atoms with Crippen molar-refractivity contribution in [3.63, 3.8) is 0 Å². The molecule has 1 aliphatic heterocycles. The highest BCUT2D eigenvalue weighted by atomic mass is 79.9. The molecule has 2 rings (SSSR count). The summed E-state index contributed by atoms with van der Waals surface area (Å²) in [4.78, 5) is 12.1. The fourth-order valence-corrected chi connectivity index (χ4v) is 3.32. The summed E-state index contributed by atoms with van der Waals surface area (Å²) in [6, 6.07) is 3.45. The van der Waals surface area contributed by atoms with Crippen molar-refractivity contribution in [3.8, 4) is 17.2 Å². The number of esters is 1. The van der Waals surface area contributed by atoms with Crippen LogP contribution in [0.4, 0.5) is 0 Å². The second kappa shape index (κ2) is 8.11. The van der Waals surface area contributed by atoms with Crippen LogP contribution in [0.2, 0.25) is 0 Å². The molecule has 136 valence electrons. The lowest BCUT2D eigenvalue weighted by molar-refractivity contribution is -0.138. The van der Waals surface area contributed by atoms with Gasteiger partial charge in [-0.2, -0.15) is 0 Å². The standard InChI is InChI=1S/C16H19BrN2O6/c1-5-25-16(20)12-11(17)10(15(18-12)19-21)8-6-7-9(22-2)14(24-4)13(8)23-3/h6-7,10,21H,5H2,1-4H3,(H,18,19). The summed E-state index contributed by atoms with van der Waals surface area (Å²) in [5, 5.41) is 15.4. The van der Waals surface area contributed by atoms with Crippen molar-refractivity contribution in [3.05, 3.63) is 27.9 Å². The van der Waals surface area contributed by atoms with Gasteiger partial charge in [-0.05, 0) is 13.0 Å². The van der Waals surface area contributed by atoms with Crippen LogP contribution in [-0.2, 0) is 9.53 Å². The maximum absolute atomic E-state index is 12.1. The van der Waals surface area contributed by atoms with Crippen molar-refractivity contribution in [2.24, 2.45) is 5.16 Å². The van der Waals surface area contributed by atoms with E-state index in [2.05, 4.69) is 26.4 Å². The minimum atomic E-state index is -0.598. The molecule has 1 unspecified atom stereocenters. The van der Waals surface area contributed by atoms with Gasteiger partial charge in [0, 0.05) is 10.0 Å². The minimum absolute atomic E-state index is 0.153. The van der Waals surface area contributed by atoms with E-state index >= 15 is 0 Å². The number of rotatable bonds is 6. The molecule has 0 fully saturated rings. The Morgan fingerprint density at radius 1 is 1.24 bits per heavy atom. The van der Waals surface area contributed by atoms with Gasteiger partial charge in [0.1, 0.15) is 5.70 Å². The van der Waals surface area contributed by atoms with E-state index < -0.39 is 11.9 Å². The molecule has 0 saturated carbocycles. The Hall–Kier alpha value is -2.42. The van der Waals surface area contributed by atoms with Crippen LogP contribution in [0.5, 0.6) is 17.2 Å². The quantitative estimate of drug-likeness (QED) is 0.418. The first kappa shape index (κ1) is 18.9. The summed E-state index contributed by atoms with van der Waals surface area (Å²) in [6.07, 6.45) is 0. The van der Waals surface area contributed by atoms with Crippen molar-refractivity contribution < 1.29 is 28.9 Å². The first-order valence-electron chi connectivity index (χ1n) is 7.38. The summed E-state index contributed by atoms with van der Waals surface area (Å²) in [7, 11) is 4.50. The second-order valence-electron chi connectivity index (χ2n) is 4.91. The highest BCUT2D eigenvalue weighted by molar-refractivity contribution is 9.11. The van der Waals surface area contributed by atoms with Crippen molar-refractivity contribution in [1.82, 2.24) is 5.32 Å². The molecule has 0 aliphatic carbocycles. The lowest BCUT2D eigenvalue weighted by Crippen LogP contribution is -2.25. The lowest BCUT2D eigenvalue weighted by Gasteiger charge is -2.19. The van der Waals surface area contributed by atoms with Gasteiger partial charge in [-0.3, -0.25) is 0 Å². The number of methoxy groups -OCH3 is 3. The van der Waals surface area contributed by atoms with Gasteiger partial charge in [-0.1, -0.05) is 27.2 Å². The Morgan fingerprint density at radius 2 is 1.92 bits per heavy atom. The van der Waals surface area contributed by atoms with E-state index in [1.807, 2.05) is 0 Å². The number of benzene rings is 1. The Labute approximate surface area is 153 Å². The zero-order valence-electron chi connectivity index (χ0n) is 14.3. The van der Waals surface area contributed by atoms with E-state index in [1.165, 1.54) is 21.3 Å². The van der Waals surface area contributed by atoms with Gasteiger partial charge in [0.05, 0.1) is 33.9 Å². The number of hydrogen-bond donors (Lipinski definition) is 2. The summed E-state index contributed by atoms with van der Waals surface area (Å²) < 4.78 is 21.6. The van der Waals surface area contributed by atoms with Gasteiger partial charge in [0.25, 0.3) is 0 Å². The molecule has 1 atom stereocenters. The predicted molar refractivity (Wildman–Crippen MR) is 93.8 cm³/mol. The third-order valence-electron chi connectivity index (χ3n) is 3.65. The van der Waals surface area contributed by atoms with Crippen LogP contribution in [0.25, 0.3) is 0 Å². The van der Waals surface area contributed by atoms with Gasteiger partial charge in [0.15, 0.2) is 17.3 Å². The third-order valence-corrected chi connectivity index (χ3v) is 4.51. The molecule has 9 heteroatoms. The van der Waals surface area contributed by atoms with Gasteiger partial charge in [-0.15, -0.1) is 0 Å². The van der Waals surface area contributed by atoms with Crippen LogP contribution >= 0.6 is 15.9 Å². The number of nitrogens with one attached hydrogen (secondary N) is 1. The predicted octanol–water partition coefficient (Wildman–Crippen LogP) is 2.36. The van der Waals surface area contributed by atoms with E-state index in [9.17, 15) is 10.0 Å². The van der Waals surface area contributed by atoms with E-state index in [0.717, 1.165) is 0 Å². The molecule has 2 N–H and O–H groups in total. The molecule has 1 heterocycles.